The first kappa shape index (κ1) is 19.4. The molecule has 18 heavy (non-hydrogen) atoms. The van der Waals surface area contributed by atoms with E-state index in [2.05, 4.69) is 17.6 Å². The third-order valence-corrected chi connectivity index (χ3v) is 1.80. The zero-order valence-corrected chi connectivity index (χ0v) is 13.4. The Kier molecular flexibility index (Phi) is 10.8. The predicted octanol–water partition coefficient (Wildman–Crippen LogP) is -2.15. The van der Waals surface area contributed by atoms with Gasteiger partial charge in [-0.25, -0.2) is 4.98 Å². The first-order valence-electron chi connectivity index (χ1n) is 4.67. The van der Waals surface area contributed by atoms with Gasteiger partial charge in [0.05, 0.1) is 11.3 Å². The number of rotatable bonds is 2. The molecule has 0 radical (unpaired) electrons. The summed E-state index contributed by atoms with van der Waals surface area (Å²) in [6.07, 6.45) is -1.31. The number of nitrogens with two attached hydrogens (primary N) is 1. The van der Waals surface area contributed by atoms with E-state index in [1.165, 1.54) is 0 Å². The van der Waals surface area contributed by atoms with Gasteiger partial charge in [0.15, 0.2) is 0 Å². The minimum atomic E-state index is -2.08. The summed E-state index contributed by atoms with van der Waals surface area (Å²) in [7, 11) is 0. The Bertz CT molecular complexity index is 465. The van der Waals surface area contributed by atoms with Crippen LogP contribution in [0.3, 0.4) is 0 Å². The predicted molar refractivity (Wildman–Crippen MR) is 60.7 cm³/mol. The van der Waals surface area contributed by atoms with E-state index in [9.17, 15) is 0 Å². The number of carboxylic acid groups (broad SMARTS) is 2. The smallest absolute Gasteiger partial charge is 0.565 e. The summed E-state index contributed by atoms with van der Waals surface area (Å²) < 4.78 is 0. The summed E-state index contributed by atoms with van der Waals surface area (Å²) in [5.74, 6) is 0.420. The van der Waals surface area contributed by atoms with E-state index in [1.54, 1.807) is 12.1 Å². The molecule has 0 amide bonds. The minimum absolute atomic E-state index is 0. The Morgan fingerprint density at radius 1 is 1.67 bits per heavy atom. The van der Waals surface area contributed by atoms with Crippen molar-refractivity contribution < 1.29 is 66.4 Å². The Hall–Kier alpha value is -0.914. The molecule has 3 N–H and O–H groups in total. The molecule has 0 bridgehead atoms. The van der Waals surface area contributed by atoms with Gasteiger partial charge in [-0.1, -0.05) is 13.5 Å². The number of nitriles is 1. The molecule has 0 atom stereocenters. The SMILES string of the molecule is C=C(CC)c1nc(N)ccc1C#N.O=C([O-])O.[K+]. The number of nitrogens with zero attached hydrogens (tertiary/aromatic N) is 2. The number of hydrogen-bond donors (Lipinski definition) is 2. The maximum Gasteiger partial charge on any atom is 1.00 e. The van der Waals surface area contributed by atoms with E-state index in [-0.39, 0.29) is 51.4 Å². The third-order valence-electron chi connectivity index (χ3n) is 1.80. The van der Waals surface area contributed by atoms with Crippen molar-refractivity contribution in [1.82, 2.24) is 4.98 Å². The number of hydrogen-bond acceptors (Lipinski definition) is 5. The Morgan fingerprint density at radius 3 is 2.56 bits per heavy atom. The molecule has 0 unspecified atom stereocenters. The van der Waals surface area contributed by atoms with Gasteiger partial charge in [0.2, 0.25) is 6.16 Å². The van der Waals surface area contributed by atoms with Crippen LogP contribution in [0.1, 0.15) is 24.6 Å². The van der Waals surface area contributed by atoms with Crippen LogP contribution < -0.4 is 62.2 Å². The zero-order valence-electron chi connectivity index (χ0n) is 10.3. The van der Waals surface area contributed by atoms with Crippen LogP contribution in [0.25, 0.3) is 5.57 Å². The number of carbonyl (C=O) groups is 1. The van der Waals surface area contributed by atoms with Crippen LogP contribution in [0.4, 0.5) is 10.6 Å². The molecule has 0 saturated carbocycles. The van der Waals surface area contributed by atoms with Crippen molar-refractivity contribution in [2.45, 2.75) is 13.3 Å². The molecule has 0 saturated heterocycles. The van der Waals surface area contributed by atoms with Crippen molar-refractivity contribution in [3.8, 4) is 6.07 Å². The van der Waals surface area contributed by atoms with Gasteiger partial charge in [0.25, 0.3) is 0 Å². The largest absolute Gasteiger partial charge is 1.00 e. The quantitative estimate of drug-likeness (QED) is 0.592. The molecule has 0 aliphatic rings. The number of pyridine rings is 1. The number of allylic oxidation sites excluding steroid dienone is 1. The van der Waals surface area contributed by atoms with E-state index >= 15 is 0 Å². The Morgan fingerprint density at radius 2 is 2.17 bits per heavy atom. The van der Waals surface area contributed by atoms with Gasteiger partial charge >= 0.3 is 51.4 Å². The van der Waals surface area contributed by atoms with Crippen LogP contribution in [-0.4, -0.2) is 16.2 Å². The third kappa shape index (κ3) is 7.42. The van der Waals surface area contributed by atoms with Crippen molar-refractivity contribution in [1.29, 1.82) is 5.26 Å². The Balaban J connectivity index is 0. The molecule has 90 valence electrons. The molecule has 0 spiro atoms. The fourth-order valence-electron chi connectivity index (χ4n) is 1.00. The van der Waals surface area contributed by atoms with Crippen molar-refractivity contribution in [3.05, 3.63) is 30.0 Å². The maximum absolute atomic E-state index is 8.78. The standard InChI is InChI=1S/C10H11N3.CH2O3.K/c1-3-7(2)10-8(6-11)4-5-9(12)13-10;2-1(3)4;/h4-5H,2-3H2,1H3,(H2,12,13);(H2,2,3,4);/q;;+1/p-1. The van der Waals surface area contributed by atoms with Gasteiger partial charge in [-0.15, -0.1) is 0 Å². The van der Waals surface area contributed by atoms with Crippen LogP contribution in [0.2, 0.25) is 0 Å². The molecule has 0 aliphatic heterocycles. The van der Waals surface area contributed by atoms with Crippen LogP contribution >= 0.6 is 0 Å². The summed E-state index contributed by atoms with van der Waals surface area (Å²) in [4.78, 5) is 12.5. The fourth-order valence-corrected chi connectivity index (χ4v) is 1.00. The summed E-state index contributed by atoms with van der Waals surface area (Å²) in [6, 6.07) is 5.34. The van der Waals surface area contributed by atoms with Gasteiger partial charge in [-0.3, -0.25) is 0 Å². The van der Waals surface area contributed by atoms with E-state index in [4.69, 9.17) is 26.0 Å². The number of anilines is 1. The maximum atomic E-state index is 8.78. The monoisotopic (exact) mass is 273 g/mol. The van der Waals surface area contributed by atoms with Crippen LogP contribution in [-0.2, 0) is 0 Å². The summed E-state index contributed by atoms with van der Waals surface area (Å²) in [5, 5.41) is 24.1. The van der Waals surface area contributed by atoms with E-state index in [0.717, 1.165) is 12.0 Å². The van der Waals surface area contributed by atoms with Crippen molar-refractivity contribution in [3.63, 3.8) is 0 Å². The molecular formula is C11H12KN3O3. The van der Waals surface area contributed by atoms with E-state index < -0.39 is 6.16 Å². The average molecular weight is 273 g/mol. The minimum Gasteiger partial charge on any atom is -0.565 e. The van der Waals surface area contributed by atoms with E-state index in [0.29, 0.717) is 17.1 Å². The molecule has 1 aromatic heterocycles. The number of aromatic nitrogens is 1. The Labute approximate surface area is 148 Å². The van der Waals surface area contributed by atoms with Gasteiger partial charge in [-0.05, 0) is 24.1 Å². The van der Waals surface area contributed by atoms with Gasteiger partial charge in [0, 0.05) is 0 Å². The second kappa shape index (κ2) is 10.1. The normalized spacial score (nSPS) is 8.00. The zero-order chi connectivity index (χ0) is 13.4. The van der Waals surface area contributed by atoms with Gasteiger partial charge in [-0.2, -0.15) is 5.26 Å². The fraction of sp³-hybridized carbons (Fsp3) is 0.182. The van der Waals surface area contributed by atoms with Crippen molar-refractivity contribution in [2.75, 3.05) is 5.73 Å². The van der Waals surface area contributed by atoms with Gasteiger partial charge < -0.3 is 20.7 Å². The summed E-state index contributed by atoms with van der Waals surface area (Å²) in [6.45, 7) is 5.79. The average Bonchev–Trinajstić information content (AvgIpc) is 2.27. The molecule has 7 heteroatoms. The summed E-state index contributed by atoms with van der Waals surface area (Å²) >= 11 is 0. The molecule has 0 aromatic carbocycles. The molecule has 0 aliphatic carbocycles. The van der Waals surface area contributed by atoms with Crippen molar-refractivity contribution in [2.24, 2.45) is 0 Å². The van der Waals surface area contributed by atoms with E-state index in [1.807, 2.05) is 6.92 Å². The number of nitrogen functional groups attached to an aromatic ring is 1. The second-order valence-corrected chi connectivity index (χ2v) is 2.97. The molecule has 1 heterocycles. The molecule has 1 aromatic rings. The van der Waals surface area contributed by atoms with Crippen LogP contribution in [0, 0.1) is 11.3 Å². The van der Waals surface area contributed by atoms with Crippen LogP contribution in [0.15, 0.2) is 18.7 Å². The molecular weight excluding hydrogens is 261 g/mol. The van der Waals surface area contributed by atoms with Crippen LogP contribution in [0.5, 0.6) is 0 Å². The molecule has 6 nitrogen and oxygen atoms in total. The van der Waals surface area contributed by atoms with Crippen molar-refractivity contribution >= 4 is 17.5 Å². The van der Waals surface area contributed by atoms with Gasteiger partial charge in [0.1, 0.15) is 11.9 Å². The molecule has 0 fully saturated rings. The first-order chi connectivity index (χ1) is 7.92. The summed E-state index contributed by atoms with van der Waals surface area (Å²) in [5.41, 5.74) is 7.49. The topological polar surface area (TPSA) is 123 Å². The second-order valence-electron chi connectivity index (χ2n) is 2.97. The molecule has 1 rings (SSSR count). The first-order valence-corrected chi connectivity index (χ1v) is 4.67.